The van der Waals surface area contributed by atoms with Crippen molar-refractivity contribution < 1.29 is 9.47 Å². The lowest BCUT2D eigenvalue weighted by Crippen LogP contribution is -2.32. The molecule has 0 heterocycles. The van der Waals surface area contributed by atoms with Gasteiger partial charge in [-0.05, 0) is 24.2 Å². The molecule has 0 aliphatic heterocycles. The predicted molar refractivity (Wildman–Crippen MR) is 51.2 cm³/mol. The van der Waals surface area contributed by atoms with Crippen molar-refractivity contribution >= 4 is 0 Å². The van der Waals surface area contributed by atoms with E-state index < -0.39 is 0 Å². The van der Waals surface area contributed by atoms with Crippen molar-refractivity contribution in [2.75, 3.05) is 14.2 Å². The second-order valence-electron chi connectivity index (χ2n) is 4.22. The van der Waals surface area contributed by atoms with Crippen molar-refractivity contribution in [3.05, 3.63) is 12.2 Å². The maximum absolute atomic E-state index is 5.35. The van der Waals surface area contributed by atoms with Gasteiger partial charge in [0, 0.05) is 20.1 Å². The summed E-state index contributed by atoms with van der Waals surface area (Å²) < 4.78 is 10.7. The minimum absolute atomic E-state index is 0.0186. The van der Waals surface area contributed by atoms with E-state index >= 15 is 0 Å². The molecule has 2 heteroatoms. The summed E-state index contributed by atoms with van der Waals surface area (Å²) in [5, 5.41) is 0. The van der Waals surface area contributed by atoms with Crippen LogP contribution in [0.15, 0.2) is 12.2 Å². The van der Waals surface area contributed by atoms with Crippen molar-refractivity contribution in [2.24, 2.45) is 23.7 Å². The maximum atomic E-state index is 5.35. The number of rotatable bonds is 3. The van der Waals surface area contributed by atoms with E-state index in [-0.39, 0.29) is 6.29 Å². The van der Waals surface area contributed by atoms with Gasteiger partial charge in [0.15, 0.2) is 6.29 Å². The van der Waals surface area contributed by atoms with Gasteiger partial charge in [0.1, 0.15) is 0 Å². The van der Waals surface area contributed by atoms with Gasteiger partial charge >= 0.3 is 0 Å². The minimum atomic E-state index is -0.0186. The van der Waals surface area contributed by atoms with Crippen LogP contribution in [0.5, 0.6) is 0 Å². The first-order valence-corrected chi connectivity index (χ1v) is 5.02. The first kappa shape index (κ1) is 9.22. The predicted octanol–water partition coefficient (Wildman–Crippen LogP) is 2.06. The molecule has 0 unspecified atom stereocenters. The Labute approximate surface area is 79.9 Å². The Bertz CT molecular complexity index is 208. The monoisotopic (exact) mass is 182 g/mol. The second-order valence-corrected chi connectivity index (χ2v) is 4.22. The summed E-state index contributed by atoms with van der Waals surface area (Å²) >= 11 is 0. The van der Waals surface area contributed by atoms with Crippen molar-refractivity contribution in [1.29, 1.82) is 0 Å². The molecule has 2 bridgehead atoms. The summed E-state index contributed by atoms with van der Waals surface area (Å²) in [6.07, 6.45) is 5.97. The van der Waals surface area contributed by atoms with Crippen LogP contribution >= 0.6 is 0 Å². The molecular weight excluding hydrogens is 164 g/mol. The van der Waals surface area contributed by atoms with Gasteiger partial charge in [-0.15, -0.1) is 0 Å². The molecule has 2 aliphatic rings. The molecule has 0 saturated heterocycles. The molecule has 0 amide bonds. The molecule has 2 rings (SSSR count). The normalized spacial score (nSPS) is 42.2. The highest BCUT2D eigenvalue weighted by Crippen LogP contribution is 2.49. The highest BCUT2D eigenvalue weighted by atomic mass is 16.7. The lowest BCUT2D eigenvalue weighted by molar-refractivity contribution is -0.151. The quantitative estimate of drug-likeness (QED) is 0.491. The summed E-state index contributed by atoms with van der Waals surface area (Å²) in [7, 11) is 3.47. The fourth-order valence-electron chi connectivity index (χ4n) is 2.97. The van der Waals surface area contributed by atoms with Gasteiger partial charge in [-0.25, -0.2) is 0 Å². The largest absolute Gasteiger partial charge is 0.356 e. The van der Waals surface area contributed by atoms with E-state index in [1.54, 1.807) is 14.2 Å². The maximum Gasteiger partial charge on any atom is 0.160 e. The fraction of sp³-hybridized carbons (Fsp3) is 0.818. The van der Waals surface area contributed by atoms with E-state index in [0.29, 0.717) is 17.8 Å². The van der Waals surface area contributed by atoms with Gasteiger partial charge < -0.3 is 9.47 Å². The van der Waals surface area contributed by atoms with Crippen molar-refractivity contribution in [1.82, 2.24) is 0 Å². The number of methoxy groups -OCH3 is 2. The van der Waals surface area contributed by atoms with Crippen LogP contribution in [-0.4, -0.2) is 20.5 Å². The number of fused-ring (bicyclic) bond motifs is 2. The van der Waals surface area contributed by atoms with E-state index in [1.165, 1.54) is 6.42 Å². The highest BCUT2D eigenvalue weighted by molar-refractivity contribution is 5.13. The number of ether oxygens (including phenoxy) is 2. The Morgan fingerprint density at radius 2 is 1.77 bits per heavy atom. The van der Waals surface area contributed by atoms with Crippen LogP contribution in [0.3, 0.4) is 0 Å². The third-order valence-corrected chi connectivity index (χ3v) is 3.71. The third-order valence-electron chi connectivity index (χ3n) is 3.71. The van der Waals surface area contributed by atoms with Crippen LogP contribution in [0.2, 0.25) is 0 Å². The lowest BCUT2D eigenvalue weighted by Gasteiger charge is -2.30. The van der Waals surface area contributed by atoms with Gasteiger partial charge in [0.2, 0.25) is 0 Å². The number of allylic oxidation sites excluding steroid dienone is 2. The zero-order valence-corrected chi connectivity index (χ0v) is 8.57. The Morgan fingerprint density at radius 3 is 2.23 bits per heavy atom. The van der Waals surface area contributed by atoms with E-state index in [9.17, 15) is 0 Å². The van der Waals surface area contributed by atoms with E-state index in [0.717, 1.165) is 5.92 Å². The van der Waals surface area contributed by atoms with Crippen LogP contribution in [0, 0.1) is 23.7 Å². The molecule has 0 aromatic heterocycles. The fourth-order valence-corrected chi connectivity index (χ4v) is 2.97. The standard InChI is InChI=1S/C11H18O2/c1-7-8-4-5-9(6-8)10(7)11(12-2)13-3/h4-5,7-11H,6H2,1-3H3/t7-,8-,9+,10+/m1/s1. The summed E-state index contributed by atoms with van der Waals surface area (Å²) in [5.41, 5.74) is 0. The molecular formula is C11H18O2. The highest BCUT2D eigenvalue weighted by Gasteiger charge is 2.45. The molecule has 0 aromatic carbocycles. The van der Waals surface area contributed by atoms with Crippen LogP contribution in [0.25, 0.3) is 0 Å². The molecule has 0 radical (unpaired) electrons. The Hall–Kier alpha value is -0.340. The summed E-state index contributed by atoms with van der Waals surface area (Å²) in [6, 6.07) is 0. The summed E-state index contributed by atoms with van der Waals surface area (Å²) in [6.45, 7) is 2.31. The molecule has 1 saturated carbocycles. The Morgan fingerprint density at radius 1 is 1.15 bits per heavy atom. The van der Waals surface area contributed by atoms with E-state index in [2.05, 4.69) is 19.1 Å². The first-order valence-electron chi connectivity index (χ1n) is 5.02. The second kappa shape index (κ2) is 3.43. The van der Waals surface area contributed by atoms with Crippen molar-refractivity contribution in [2.45, 2.75) is 19.6 Å². The zero-order valence-electron chi connectivity index (χ0n) is 8.57. The molecule has 2 aliphatic carbocycles. The van der Waals surface area contributed by atoms with Crippen molar-refractivity contribution in [3.63, 3.8) is 0 Å². The van der Waals surface area contributed by atoms with Gasteiger partial charge in [0.25, 0.3) is 0 Å². The molecule has 74 valence electrons. The van der Waals surface area contributed by atoms with Crippen LogP contribution in [-0.2, 0) is 9.47 Å². The van der Waals surface area contributed by atoms with Crippen LogP contribution < -0.4 is 0 Å². The topological polar surface area (TPSA) is 18.5 Å². The minimum Gasteiger partial charge on any atom is -0.356 e. The molecule has 4 atom stereocenters. The summed E-state index contributed by atoms with van der Waals surface area (Å²) in [5.74, 6) is 2.72. The van der Waals surface area contributed by atoms with Gasteiger partial charge in [-0.3, -0.25) is 0 Å². The molecule has 1 fully saturated rings. The Balaban J connectivity index is 2.11. The summed E-state index contributed by atoms with van der Waals surface area (Å²) in [4.78, 5) is 0. The number of hydrogen-bond acceptors (Lipinski definition) is 2. The number of hydrogen-bond donors (Lipinski definition) is 0. The van der Waals surface area contributed by atoms with Crippen molar-refractivity contribution in [3.8, 4) is 0 Å². The van der Waals surface area contributed by atoms with Gasteiger partial charge in [-0.1, -0.05) is 19.1 Å². The molecule has 0 N–H and O–H groups in total. The zero-order chi connectivity index (χ0) is 9.42. The van der Waals surface area contributed by atoms with Crippen LogP contribution in [0.1, 0.15) is 13.3 Å². The van der Waals surface area contributed by atoms with Gasteiger partial charge in [-0.2, -0.15) is 0 Å². The van der Waals surface area contributed by atoms with Gasteiger partial charge in [0.05, 0.1) is 0 Å². The molecule has 0 spiro atoms. The molecule has 13 heavy (non-hydrogen) atoms. The van der Waals surface area contributed by atoms with E-state index in [1.807, 2.05) is 0 Å². The average Bonchev–Trinajstić information content (AvgIpc) is 2.70. The molecule has 0 aromatic rings. The average molecular weight is 182 g/mol. The van der Waals surface area contributed by atoms with E-state index in [4.69, 9.17) is 9.47 Å². The van der Waals surface area contributed by atoms with Crippen LogP contribution in [0.4, 0.5) is 0 Å². The lowest BCUT2D eigenvalue weighted by atomic mass is 9.84. The SMILES string of the molecule is COC(OC)[C@H]1[C@H](C)[C@@H]2C=C[C@H]1C2. The Kier molecular flexibility index (Phi) is 2.43. The smallest absolute Gasteiger partial charge is 0.160 e. The first-order chi connectivity index (χ1) is 6.27. The molecule has 2 nitrogen and oxygen atoms in total. The third kappa shape index (κ3) is 1.32.